The Morgan fingerprint density at radius 1 is 1.36 bits per heavy atom. The van der Waals surface area contributed by atoms with Crippen LogP contribution in [-0.2, 0) is 19.4 Å². The van der Waals surface area contributed by atoms with E-state index in [0.717, 1.165) is 30.6 Å². The zero-order chi connectivity index (χ0) is 16.5. The summed E-state index contributed by atoms with van der Waals surface area (Å²) in [5.74, 6) is -0.104. The van der Waals surface area contributed by atoms with Gasteiger partial charge in [-0.15, -0.1) is 12.4 Å². The second-order valence-corrected chi connectivity index (χ2v) is 6.27. The SMILES string of the molecule is Cc1cccc2c(CCNC(=O)c3n[nH]c4c3CNCC4)c[nH]c12.Cl. The zero-order valence-corrected chi connectivity index (χ0v) is 14.9. The van der Waals surface area contributed by atoms with Crippen LogP contribution in [0.2, 0.25) is 0 Å². The van der Waals surface area contributed by atoms with Crippen LogP contribution in [0.5, 0.6) is 0 Å². The molecule has 0 radical (unpaired) electrons. The Labute approximate surface area is 152 Å². The lowest BCUT2D eigenvalue weighted by Crippen LogP contribution is -2.29. The lowest BCUT2D eigenvalue weighted by Gasteiger charge is -2.12. The topological polar surface area (TPSA) is 85.6 Å². The number of H-pyrrole nitrogens is 2. The molecular formula is C18H22ClN5O. The van der Waals surface area contributed by atoms with Gasteiger partial charge in [-0.05, 0) is 24.5 Å². The van der Waals surface area contributed by atoms with Crippen molar-refractivity contribution in [1.82, 2.24) is 25.8 Å². The number of rotatable bonds is 4. The van der Waals surface area contributed by atoms with Crippen molar-refractivity contribution in [2.45, 2.75) is 26.3 Å². The van der Waals surface area contributed by atoms with E-state index < -0.39 is 0 Å². The van der Waals surface area contributed by atoms with Crippen LogP contribution in [0.15, 0.2) is 24.4 Å². The molecule has 0 fully saturated rings. The highest BCUT2D eigenvalue weighted by Gasteiger charge is 2.21. The van der Waals surface area contributed by atoms with E-state index in [1.165, 1.54) is 22.0 Å². The minimum Gasteiger partial charge on any atom is -0.361 e. The molecule has 1 aliphatic rings. The lowest BCUT2D eigenvalue weighted by atomic mass is 10.1. The Hall–Kier alpha value is -2.31. The number of nitrogens with zero attached hydrogens (tertiary/aromatic N) is 1. The molecule has 0 saturated heterocycles. The van der Waals surface area contributed by atoms with Gasteiger partial charge in [0.25, 0.3) is 5.91 Å². The summed E-state index contributed by atoms with van der Waals surface area (Å²) in [5.41, 5.74) is 6.23. The third-order valence-electron chi connectivity index (χ3n) is 4.71. The van der Waals surface area contributed by atoms with Crippen molar-refractivity contribution >= 4 is 29.2 Å². The standard InChI is InChI=1S/C18H21N5O.ClH/c1-11-3-2-4-13-12(9-21-16(11)13)5-8-20-18(24)17-14-10-19-7-6-15(14)22-23-17;/h2-4,9,19,21H,5-8,10H2,1H3,(H,20,24)(H,22,23);1H. The van der Waals surface area contributed by atoms with Crippen LogP contribution in [0, 0.1) is 6.92 Å². The first kappa shape index (κ1) is 17.5. The van der Waals surface area contributed by atoms with Gasteiger partial charge < -0.3 is 15.6 Å². The van der Waals surface area contributed by atoms with Crippen molar-refractivity contribution in [3.63, 3.8) is 0 Å². The molecular weight excluding hydrogens is 338 g/mol. The molecule has 0 saturated carbocycles. The van der Waals surface area contributed by atoms with Gasteiger partial charge in [0.05, 0.1) is 0 Å². The first-order valence-electron chi connectivity index (χ1n) is 8.34. The predicted octanol–water partition coefficient (Wildman–Crippen LogP) is 2.24. The maximum Gasteiger partial charge on any atom is 0.272 e. The average Bonchev–Trinajstić information content (AvgIpc) is 3.20. The summed E-state index contributed by atoms with van der Waals surface area (Å²) in [4.78, 5) is 15.7. The fourth-order valence-corrected chi connectivity index (χ4v) is 3.38. The van der Waals surface area contributed by atoms with Crippen molar-refractivity contribution in [2.24, 2.45) is 0 Å². The summed E-state index contributed by atoms with van der Waals surface area (Å²) >= 11 is 0. The number of carbonyl (C=O) groups is 1. The number of nitrogens with one attached hydrogen (secondary N) is 4. The van der Waals surface area contributed by atoms with Crippen LogP contribution >= 0.6 is 12.4 Å². The van der Waals surface area contributed by atoms with Crippen LogP contribution in [0.25, 0.3) is 10.9 Å². The van der Waals surface area contributed by atoms with Crippen LogP contribution in [-0.4, -0.2) is 34.2 Å². The molecule has 4 N–H and O–H groups in total. The van der Waals surface area contributed by atoms with Crippen molar-refractivity contribution in [1.29, 1.82) is 0 Å². The largest absolute Gasteiger partial charge is 0.361 e. The van der Waals surface area contributed by atoms with Gasteiger partial charge in [0, 0.05) is 54.4 Å². The smallest absolute Gasteiger partial charge is 0.272 e. The van der Waals surface area contributed by atoms with Gasteiger partial charge >= 0.3 is 0 Å². The number of aromatic amines is 2. The second kappa shape index (κ2) is 7.29. The molecule has 132 valence electrons. The van der Waals surface area contributed by atoms with E-state index in [-0.39, 0.29) is 18.3 Å². The number of halogens is 1. The normalized spacial score (nSPS) is 13.3. The Bertz CT molecular complexity index is 898. The molecule has 0 spiro atoms. The summed E-state index contributed by atoms with van der Waals surface area (Å²) < 4.78 is 0. The molecule has 2 aromatic heterocycles. The molecule has 3 heterocycles. The molecule has 3 aromatic rings. The number of carbonyl (C=O) groups excluding carboxylic acids is 1. The molecule has 4 rings (SSSR count). The summed E-state index contributed by atoms with van der Waals surface area (Å²) in [7, 11) is 0. The molecule has 7 heteroatoms. The van der Waals surface area contributed by atoms with E-state index in [9.17, 15) is 4.79 Å². The van der Waals surface area contributed by atoms with Gasteiger partial charge in [-0.1, -0.05) is 18.2 Å². The Morgan fingerprint density at radius 3 is 3.12 bits per heavy atom. The number of para-hydroxylation sites is 1. The van der Waals surface area contributed by atoms with Gasteiger partial charge in [-0.2, -0.15) is 5.10 Å². The third-order valence-corrected chi connectivity index (χ3v) is 4.71. The highest BCUT2D eigenvalue weighted by molar-refractivity contribution is 5.94. The third kappa shape index (κ3) is 3.27. The first-order chi connectivity index (χ1) is 11.7. The number of fused-ring (bicyclic) bond motifs is 2. The quantitative estimate of drug-likeness (QED) is 0.576. The summed E-state index contributed by atoms with van der Waals surface area (Å²) in [6.07, 6.45) is 3.72. The molecule has 1 aliphatic heterocycles. The maximum atomic E-state index is 12.4. The Balaban J connectivity index is 0.00000182. The van der Waals surface area contributed by atoms with Crippen LogP contribution in [0.4, 0.5) is 0 Å². The molecule has 0 unspecified atom stereocenters. The predicted molar refractivity (Wildman–Crippen MR) is 100 cm³/mol. The Kier molecular flexibility index (Phi) is 5.11. The van der Waals surface area contributed by atoms with Crippen molar-refractivity contribution < 1.29 is 4.79 Å². The lowest BCUT2D eigenvalue weighted by molar-refractivity contribution is 0.0948. The number of amides is 1. The van der Waals surface area contributed by atoms with Gasteiger partial charge in [0.15, 0.2) is 5.69 Å². The first-order valence-corrected chi connectivity index (χ1v) is 8.34. The fraction of sp³-hybridized carbons (Fsp3) is 0.333. The molecule has 1 amide bonds. The van der Waals surface area contributed by atoms with Crippen LogP contribution in [0.3, 0.4) is 0 Å². The van der Waals surface area contributed by atoms with E-state index in [4.69, 9.17) is 0 Å². The molecule has 0 aliphatic carbocycles. The van der Waals surface area contributed by atoms with E-state index in [1.807, 2.05) is 6.20 Å². The number of aromatic nitrogens is 3. The molecule has 6 nitrogen and oxygen atoms in total. The molecule has 1 aromatic carbocycles. The van der Waals surface area contributed by atoms with Crippen molar-refractivity contribution in [3.05, 3.63) is 52.5 Å². The van der Waals surface area contributed by atoms with Gasteiger partial charge in [-0.3, -0.25) is 9.89 Å². The highest BCUT2D eigenvalue weighted by Crippen LogP contribution is 2.21. The minimum absolute atomic E-state index is 0. The average molecular weight is 360 g/mol. The van der Waals surface area contributed by atoms with Gasteiger partial charge in [0.2, 0.25) is 0 Å². The highest BCUT2D eigenvalue weighted by atomic mass is 35.5. The monoisotopic (exact) mass is 359 g/mol. The summed E-state index contributed by atoms with van der Waals surface area (Å²) in [5, 5.41) is 14.7. The zero-order valence-electron chi connectivity index (χ0n) is 14.1. The van der Waals surface area contributed by atoms with Gasteiger partial charge in [0.1, 0.15) is 0 Å². The maximum absolute atomic E-state index is 12.4. The fourth-order valence-electron chi connectivity index (χ4n) is 3.38. The number of aryl methyl sites for hydroxylation is 1. The summed E-state index contributed by atoms with van der Waals surface area (Å²) in [6, 6.07) is 6.28. The van der Waals surface area contributed by atoms with E-state index in [2.05, 4.69) is 50.9 Å². The van der Waals surface area contributed by atoms with Crippen molar-refractivity contribution in [2.75, 3.05) is 13.1 Å². The van der Waals surface area contributed by atoms with Gasteiger partial charge in [-0.25, -0.2) is 0 Å². The Morgan fingerprint density at radius 2 is 2.24 bits per heavy atom. The van der Waals surface area contributed by atoms with Crippen molar-refractivity contribution in [3.8, 4) is 0 Å². The number of benzene rings is 1. The molecule has 0 atom stereocenters. The molecule has 25 heavy (non-hydrogen) atoms. The second-order valence-electron chi connectivity index (χ2n) is 6.27. The molecule has 0 bridgehead atoms. The minimum atomic E-state index is -0.104. The van der Waals surface area contributed by atoms with Crippen LogP contribution < -0.4 is 10.6 Å². The van der Waals surface area contributed by atoms with E-state index in [1.54, 1.807) is 0 Å². The number of hydrogen-bond donors (Lipinski definition) is 4. The van der Waals surface area contributed by atoms with E-state index >= 15 is 0 Å². The van der Waals surface area contributed by atoms with Crippen LogP contribution in [0.1, 0.15) is 32.9 Å². The summed E-state index contributed by atoms with van der Waals surface area (Å²) in [6.45, 7) is 4.32. The number of hydrogen-bond acceptors (Lipinski definition) is 3. The van der Waals surface area contributed by atoms with E-state index in [0.29, 0.717) is 18.8 Å².